The fourth-order valence-corrected chi connectivity index (χ4v) is 4.60. The zero-order valence-corrected chi connectivity index (χ0v) is 23.5. The van der Waals surface area contributed by atoms with Crippen molar-refractivity contribution >= 4 is 11.9 Å². The number of carbonyl (C=O) groups is 2. The van der Waals surface area contributed by atoms with Gasteiger partial charge in [0.15, 0.2) is 30.3 Å². The molecular formula is C30H40N2O9. The van der Waals surface area contributed by atoms with E-state index in [1.807, 2.05) is 18.2 Å². The third kappa shape index (κ3) is 11.3. The molecule has 1 aliphatic rings. The van der Waals surface area contributed by atoms with Crippen LogP contribution in [0.4, 0.5) is 0 Å². The number of hydrogen-bond donors (Lipinski definition) is 5. The van der Waals surface area contributed by atoms with Crippen LogP contribution in [0, 0.1) is 17.2 Å². The first-order valence-electron chi connectivity index (χ1n) is 13.5. The van der Waals surface area contributed by atoms with Crippen LogP contribution in [0.15, 0.2) is 36.4 Å². The van der Waals surface area contributed by atoms with Crippen LogP contribution in [0.3, 0.4) is 0 Å². The molecule has 0 fully saturated rings. The van der Waals surface area contributed by atoms with E-state index in [1.54, 1.807) is 14.2 Å². The maximum absolute atomic E-state index is 9.77. The Morgan fingerprint density at radius 1 is 0.976 bits per heavy atom. The van der Waals surface area contributed by atoms with Crippen LogP contribution in [0.25, 0.3) is 0 Å². The highest BCUT2D eigenvalue weighted by molar-refractivity contribution is 5.83. The summed E-state index contributed by atoms with van der Waals surface area (Å²) in [6.45, 7) is 2.22. The number of methoxy groups -OCH3 is 2. The number of nitrogens with zero attached hydrogens (tertiary/aromatic N) is 1. The van der Waals surface area contributed by atoms with Gasteiger partial charge in [-0.15, -0.1) is 0 Å². The predicted octanol–water partition coefficient (Wildman–Crippen LogP) is 2.59. The second kappa shape index (κ2) is 17.8. The van der Waals surface area contributed by atoms with Crippen molar-refractivity contribution in [1.82, 2.24) is 5.32 Å². The fraction of sp³-hybridized carbons (Fsp3) is 0.500. The molecule has 11 heteroatoms. The van der Waals surface area contributed by atoms with Crippen molar-refractivity contribution in [3.8, 4) is 23.3 Å². The monoisotopic (exact) mass is 572 g/mol. The normalized spacial score (nSPS) is 15.2. The van der Waals surface area contributed by atoms with Gasteiger partial charge >= 0.3 is 11.9 Å². The van der Waals surface area contributed by atoms with Gasteiger partial charge < -0.3 is 40.0 Å². The van der Waals surface area contributed by atoms with Crippen molar-refractivity contribution in [3.63, 3.8) is 0 Å². The Balaban J connectivity index is 0.000000503. The first-order chi connectivity index (χ1) is 19.7. The first-order valence-corrected chi connectivity index (χ1v) is 13.5. The molecular weight excluding hydrogens is 532 g/mol. The number of nitriles is 1. The molecule has 224 valence electrons. The van der Waals surface area contributed by atoms with Crippen molar-refractivity contribution in [3.05, 3.63) is 53.1 Å². The summed E-state index contributed by atoms with van der Waals surface area (Å²) in [5.74, 6) is -0.342. The third-order valence-electron chi connectivity index (χ3n) is 6.85. The number of aliphatic hydroxyl groups is 2. The zero-order chi connectivity index (χ0) is 30.2. The molecule has 3 atom stereocenters. The van der Waals surface area contributed by atoms with Crippen molar-refractivity contribution < 1.29 is 44.2 Å². The number of hydrogen-bond acceptors (Lipinski definition) is 9. The number of carboxylic acid groups (broad SMARTS) is 2. The number of aliphatic carboxylic acids is 2. The highest BCUT2D eigenvalue weighted by Gasteiger charge is 2.29. The summed E-state index contributed by atoms with van der Waals surface area (Å²) in [5, 5.41) is 44.7. The molecule has 2 aromatic carbocycles. The minimum Gasteiger partial charge on any atom is -0.493 e. The summed E-state index contributed by atoms with van der Waals surface area (Å²) in [6.07, 6.45) is 3.67. The van der Waals surface area contributed by atoms with Gasteiger partial charge in [-0.05, 0) is 105 Å². The van der Waals surface area contributed by atoms with E-state index in [9.17, 15) is 9.59 Å². The largest absolute Gasteiger partial charge is 0.493 e. The minimum absolute atomic E-state index is 0.0968. The highest BCUT2D eigenvalue weighted by atomic mass is 16.5. The maximum atomic E-state index is 9.77. The molecule has 0 amide bonds. The lowest BCUT2D eigenvalue weighted by atomic mass is 9.81. The van der Waals surface area contributed by atoms with Crippen molar-refractivity contribution in [2.45, 2.75) is 57.2 Å². The van der Waals surface area contributed by atoms with E-state index in [0.717, 1.165) is 61.9 Å². The summed E-state index contributed by atoms with van der Waals surface area (Å²) in [5.41, 5.74) is 4.14. The number of fused-ring (bicyclic) bond motifs is 1. The molecule has 0 bridgehead atoms. The van der Waals surface area contributed by atoms with Crippen LogP contribution in [0.2, 0.25) is 0 Å². The smallest absolute Gasteiger partial charge is 0.335 e. The number of aliphatic hydroxyl groups excluding tert-OH is 2. The second-order valence-corrected chi connectivity index (χ2v) is 9.74. The van der Waals surface area contributed by atoms with Crippen molar-refractivity contribution in [2.24, 2.45) is 5.92 Å². The quantitative estimate of drug-likeness (QED) is 0.198. The lowest BCUT2D eigenvalue weighted by Gasteiger charge is -2.26. The van der Waals surface area contributed by atoms with Crippen LogP contribution >= 0.6 is 0 Å². The van der Waals surface area contributed by atoms with Gasteiger partial charge in [-0.2, -0.15) is 5.26 Å². The molecule has 0 radical (unpaired) electrons. The van der Waals surface area contributed by atoms with E-state index in [2.05, 4.69) is 29.6 Å². The number of aryl methyl sites for hydroxylation is 2. The summed E-state index contributed by atoms with van der Waals surface area (Å²) < 4.78 is 16.2. The Hall–Kier alpha value is -3.85. The Labute approximate surface area is 240 Å². The number of carboxylic acids is 2. The number of rotatable bonds is 15. The molecule has 0 heterocycles. The molecule has 11 nitrogen and oxygen atoms in total. The van der Waals surface area contributed by atoms with Gasteiger partial charge in [-0.3, -0.25) is 0 Å². The molecule has 0 saturated heterocycles. The van der Waals surface area contributed by atoms with E-state index in [4.69, 9.17) is 39.9 Å². The zero-order valence-electron chi connectivity index (χ0n) is 23.5. The molecule has 1 aliphatic carbocycles. The van der Waals surface area contributed by atoms with Crippen LogP contribution in [0.1, 0.15) is 42.4 Å². The van der Waals surface area contributed by atoms with Gasteiger partial charge in [0.05, 0.1) is 14.2 Å². The fourth-order valence-electron chi connectivity index (χ4n) is 4.60. The van der Waals surface area contributed by atoms with Gasteiger partial charge in [0, 0.05) is 0 Å². The number of ether oxygens (including phenoxy) is 3. The van der Waals surface area contributed by atoms with Gasteiger partial charge in [0.25, 0.3) is 0 Å². The Morgan fingerprint density at radius 2 is 1.56 bits per heavy atom. The lowest BCUT2D eigenvalue weighted by Crippen LogP contribution is -2.39. The summed E-state index contributed by atoms with van der Waals surface area (Å²) in [6, 6.07) is 14.3. The van der Waals surface area contributed by atoms with E-state index in [1.165, 1.54) is 36.0 Å². The molecule has 0 saturated carbocycles. The molecule has 3 rings (SSSR count). The molecule has 0 spiro atoms. The average Bonchev–Trinajstić information content (AvgIpc) is 2.98. The van der Waals surface area contributed by atoms with Crippen LogP contribution in [-0.2, 0) is 28.9 Å². The molecule has 0 aromatic heterocycles. The molecule has 41 heavy (non-hydrogen) atoms. The number of nitrogens with one attached hydrogen (secondary N) is 1. The van der Waals surface area contributed by atoms with Crippen LogP contribution in [-0.4, -0.2) is 78.5 Å². The highest BCUT2D eigenvalue weighted by Crippen LogP contribution is 2.36. The van der Waals surface area contributed by atoms with E-state index >= 15 is 0 Å². The molecule has 2 aromatic rings. The summed E-state index contributed by atoms with van der Waals surface area (Å²) in [4.78, 5) is 19.5. The van der Waals surface area contributed by atoms with Gasteiger partial charge in [-0.1, -0.05) is 12.1 Å². The van der Waals surface area contributed by atoms with Crippen LogP contribution in [0.5, 0.6) is 17.2 Å². The molecule has 0 aliphatic heterocycles. The first kappa shape index (κ1) is 33.4. The Kier molecular flexibility index (Phi) is 14.4. The Morgan fingerprint density at radius 3 is 2.12 bits per heavy atom. The van der Waals surface area contributed by atoms with Crippen molar-refractivity contribution in [2.75, 3.05) is 33.9 Å². The maximum Gasteiger partial charge on any atom is 0.335 e. The third-order valence-corrected chi connectivity index (χ3v) is 6.85. The summed E-state index contributed by atoms with van der Waals surface area (Å²) in [7, 11) is 3.41. The summed E-state index contributed by atoms with van der Waals surface area (Å²) >= 11 is 0. The SMILES string of the molecule is COc1cc2c(cc1OC)CC(CCCNCCCc1ccc(OCC#N)cc1)CC2.O=C(O)C(O)C(O)C(=O)O. The predicted molar refractivity (Wildman–Crippen MR) is 150 cm³/mol. The van der Waals surface area contributed by atoms with Gasteiger partial charge in [0.2, 0.25) is 0 Å². The van der Waals surface area contributed by atoms with E-state index in [0.29, 0.717) is 0 Å². The second-order valence-electron chi connectivity index (χ2n) is 9.74. The molecule has 3 unspecified atom stereocenters. The lowest BCUT2D eigenvalue weighted by molar-refractivity contribution is -0.165. The van der Waals surface area contributed by atoms with Crippen molar-refractivity contribution in [1.29, 1.82) is 5.26 Å². The van der Waals surface area contributed by atoms with Crippen LogP contribution < -0.4 is 19.5 Å². The van der Waals surface area contributed by atoms with Gasteiger partial charge in [-0.25, -0.2) is 9.59 Å². The topological polar surface area (TPSA) is 179 Å². The minimum atomic E-state index is -2.27. The molecule has 5 N–H and O–H groups in total. The van der Waals surface area contributed by atoms with E-state index < -0.39 is 24.1 Å². The standard InChI is InChI=1S/C26H34N2O3.C4H6O6/c1-29-25-18-22-10-7-21(17-23(22)19-26(25)30-2)6-4-15-28-14-3-5-20-8-11-24(12-9-20)31-16-13-27;5-1(3(7)8)2(6)4(9)10/h8-9,11-12,18-19,21,28H,3-7,10,14-17H2,1-2H3;1-2,5-6H,(H,7,8)(H,9,10). The van der Waals surface area contributed by atoms with Gasteiger partial charge in [0.1, 0.15) is 11.8 Å². The number of benzene rings is 2. The van der Waals surface area contributed by atoms with E-state index in [-0.39, 0.29) is 6.61 Å². The average molecular weight is 573 g/mol. The Bertz CT molecular complexity index is 1130.